The van der Waals surface area contributed by atoms with E-state index in [2.05, 4.69) is 10.5 Å². The zero-order valence-corrected chi connectivity index (χ0v) is 10.8. The molecule has 0 radical (unpaired) electrons. The van der Waals surface area contributed by atoms with Crippen LogP contribution in [0.3, 0.4) is 0 Å². The molecule has 2 rings (SSSR count). The Balaban J connectivity index is 0.00000162. The Morgan fingerprint density at radius 1 is 1.50 bits per heavy atom. The topological polar surface area (TPSA) is 38.1 Å². The molecule has 7 heteroatoms. The molecule has 0 amide bonds. The van der Waals surface area contributed by atoms with Crippen LogP contribution in [0.15, 0.2) is 10.6 Å². The molecule has 18 heavy (non-hydrogen) atoms. The minimum atomic E-state index is -4.21. The first kappa shape index (κ1) is 15.3. The van der Waals surface area contributed by atoms with Gasteiger partial charge in [-0.3, -0.25) is 0 Å². The van der Waals surface area contributed by atoms with Gasteiger partial charge in [-0.05, 0) is 19.9 Å². The summed E-state index contributed by atoms with van der Waals surface area (Å²) in [4.78, 5) is 0. The second-order valence-corrected chi connectivity index (χ2v) is 4.50. The van der Waals surface area contributed by atoms with Crippen molar-refractivity contribution in [1.82, 2.24) is 10.5 Å². The van der Waals surface area contributed by atoms with Gasteiger partial charge >= 0.3 is 6.18 Å². The molecule has 1 N–H and O–H groups in total. The van der Waals surface area contributed by atoms with E-state index >= 15 is 0 Å². The molecular weight excluding hydrogens is 269 g/mol. The Kier molecular flexibility index (Phi) is 5.04. The highest BCUT2D eigenvalue weighted by Gasteiger charge is 2.39. The van der Waals surface area contributed by atoms with Gasteiger partial charge in [-0.2, -0.15) is 13.2 Å². The van der Waals surface area contributed by atoms with Gasteiger partial charge in [0.25, 0.3) is 0 Å². The molecule has 1 saturated carbocycles. The first-order valence-corrected chi connectivity index (χ1v) is 5.67. The van der Waals surface area contributed by atoms with E-state index in [0.717, 1.165) is 18.6 Å². The van der Waals surface area contributed by atoms with Crippen molar-refractivity contribution in [3.63, 3.8) is 0 Å². The second-order valence-electron chi connectivity index (χ2n) is 4.50. The maximum absolute atomic E-state index is 12.7. The summed E-state index contributed by atoms with van der Waals surface area (Å²) < 4.78 is 43.1. The van der Waals surface area contributed by atoms with Crippen LogP contribution in [0.2, 0.25) is 0 Å². The van der Waals surface area contributed by atoms with Gasteiger partial charge in [0.2, 0.25) is 0 Å². The monoisotopic (exact) mass is 284 g/mol. The lowest BCUT2D eigenvalue weighted by atomic mass is 10.0. The second kappa shape index (κ2) is 5.93. The summed E-state index contributed by atoms with van der Waals surface area (Å²) in [7, 11) is 1.51. The quantitative estimate of drug-likeness (QED) is 0.903. The predicted molar refractivity (Wildman–Crippen MR) is 62.9 cm³/mol. The Labute approximate surface area is 110 Å². The molecular formula is C11H16ClF3N2O. The predicted octanol–water partition coefficient (Wildman–Crippen LogP) is 2.91. The number of hydrogen-bond acceptors (Lipinski definition) is 3. The van der Waals surface area contributed by atoms with Crippen molar-refractivity contribution in [2.75, 3.05) is 13.6 Å². The van der Waals surface area contributed by atoms with Crippen molar-refractivity contribution in [3.8, 4) is 0 Å². The zero-order chi connectivity index (χ0) is 12.5. The van der Waals surface area contributed by atoms with Crippen LogP contribution in [0.25, 0.3) is 0 Å². The summed E-state index contributed by atoms with van der Waals surface area (Å²) in [5, 5.41) is 6.27. The lowest BCUT2D eigenvalue weighted by Crippen LogP contribution is -2.33. The first-order chi connectivity index (χ1) is 8.00. The number of nitrogens with one attached hydrogen (secondary N) is 1. The van der Waals surface area contributed by atoms with Crippen LogP contribution in [0, 0.1) is 5.92 Å². The van der Waals surface area contributed by atoms with E-state index in [0.29, 0.717) is 11.6 Å². The van der Waals surface area contributed by atoms with Crippen molar-refractivity contribution in [2.45, 2.75) is 31.4 Å². The molecule has 1 aliphatic carbocycles. The lowest BCUT2D eigenvalue weighted by Gasteiger charge is -2.18. The molecule has 1 aromatic heterocycles. The van der Waals surface area contributed by atoms with Gasteiger partial charge in [0, 0.05) is 24.9 Å². The molecule has 0 aliphatic heterocycles. The lowest BCUT2D eigenvalue weighted by molar-refractivity contribution is -0.172. The number of halogens is 4. The fourth-order valence-electron chi connectivity index (χ4n) is 1.79. The highest BCUT2D eigenvalue weighted by atomic mass is 35.5. The summed E-state index contributed by atoms with van der Waals surface area (Å²) in [5.74, 6) is -0.306. The maximum Gasteiger partial charge on any atom is 0.393 e. The van der Waals surface area contributed by atoms with Crippen molar-refractivity contribution in [1.29, 1.82) is 0 Å². The average molecular weight is 285 g/mol. The van der Waals surface area contributed by atoms with Gasteiger partial charge in [-0.1, -0.05) is 5.16 Å². The molecule has 0 aromatic carbocycles. The minimum Gasteiger partial charge on any atom is -0.361 e. The largest absolute Gasteiger partial charge is 0.393 e. The van der Waals surface area contributed by atoms with Gasteiger partial charge in [0.15, 0.2) is 0 Å². The van der Waals surface area contributed by atoms with Crippen LogP contribution in [0.4, 0.5) is 13.2 Å². The van der Waals surface area contributed by atoms with Crippen LogP contribution < -0.4 is 5.32 Å². The highest BCUT2D eigenvalue weighted by molar-refractivity contribution is 5.85. The first-order valence-electron chi connectivity index (χ1n) is 5.67. The van der Waals surface area contributed by atoms with Crippen molar-refractivity contribution < 1.29 is 17.7 Å². The summed E-state index contributed by atoms with van der Waals surface area (Å²) in [6.07, 6.45) is -2.23. The number of hydrogen-bond donors (Lipinski definition) is 1. The van der Waals surface area contributed by atoms with Crippen LogP contribution in [-0.2, 0) is 6.42 Å². The van der Waals surface area contributed by atoms with E-state index < -0.39 is 12.1 Å². The number of alkyl halides is 3. The molecule has 0 saturated heterocycles. The van der Waals surface area contributed by atoms with E-state index in [1.54, 1.807) is 6.07 Å². The van der Waals surface area contributed by atoms with Crippen molar-refractivity contribution >= 4 is 12.4 Å². The summed E-state index contributed by atoms with van der Waals surface area (Å²) in [5.41, 5.74) is 0.393. The zero-order valence-electron chi connectivity index (χ0n) is 9.96. The molecule has 3 nitrogen and oxygen atoms in total. The smallest absolute Gasteiger partial charge is 0.361 e. The van der Waals surface area contributed by atoms with Crippen LogP contribution in [-0.4, -0.2) is 24.9 Å². The van der Waals surface area contributed by atoms with Crippen molar-refractivity contribution in [2.24, 2.45) is 5.92 Å². The molecule has 1 unspecified atom stereocenters. The van der Waals surface area contributed by atoms with E-state index in [4.69, 9.17) is 4.52 Å². The standard InChI is InChI=1S/C11H15F3N2O.ClH/c1-15-6-8(11(12,13)14)4-9-5-10(17-16-9)7-2-3-7;/h5,7-8,15H,2-4,6H2,1H3;1H. The summed E-state index contributed by atoms with van der Waals surface area (Å²) in [6, 6.07) is 1.66. The molecule has 1 aliphatic rings. The number of rotatable bonds is 5. The Morgan fingerprint density at radius 2 is 2.17 bits per heavy atom. The SMILES string of the molecule is CNCC(Cc1cc(C2CC2)on1)C(F)(F)F.Cl. The van der Waals surface area contributed by atoms with Crippen molar-refractivity contribution in [3.05, 3.63) is 17.5 Å². The molecule has 0 bridgehead atoms. The highest BCUT2D eigenvalue weighted by Crippen LogP contribution is 2.40. The van der Waals surface area contributed by atoms with Gasteiger partial charge in [0.05, 0.1) is 11.6 Å². The van der Waals surface area contributed by atoms with Crippen LogP contribution in [0.5, 0.6) is 0 Å². The summed E-state index contributed by atoms with van der Waals surface area (Å²) >= 11 is 0. The van der Waals surface area contributed by atoms with E-state index in [9.17, 15) is 13.2 Å². The Morgan fingerprint density at radius 3 is 2.67 bits per heavy atom. The minimum absolute atomic E-state index is 0. The number of nitrogens with zero attached hydrogens (tertiary/aromatic N) is 1. The molecule has 1 atom stereocenters. The molecule has 104 valence electrons. The Hall–Kier alpha value is -0.750. The van der Waals surface area contributed by atoms with Gasteiger partial charge in [-0.25, -0.2) is 0 Å². The molecule has 1 aromatic rings. The molecule has 1 heterocycles. The maximum atomic E-state index is 12.7. The molecule has 0 spiro atoms. The van der Waals surface area contributed by atoms with Gasteiger partial charge in [-0.15, -0.1) is 12.4 Å². The number of aromatic nitrogens is 1. The third kappa shape index (κ3) is 3.88. The third-order valence-corrected chi connectivity index (χ3v) is 2.93. The molecule has 1 fully saturated rings. The van der Waals surface area contributed by atoms with E-state index in [1.807, 2.05) is 0 Å². The fraction of sp³-hybridized carbons (Fsp3) is 0.727. The van der Waals surface area contributed by atoms with Gasteiger partial charge in [0.1, 0.15) is 5.76 Å². The fourth-order valence-corrected chi connectivity index (χ4v) is 1.79. The third-order valence-electron chi connectivity index (χ3n) is 2.93. The van der Waals surface area contributed by atoms with E-state index in [1.165, 1.54) is 7.05 Å². The van der Waals surface area contributed by atoms with E-state index in [-0.39, 0.29) is 25.4 Å². The normalized spacial score (nSPS) is 17.3. The van der Waals surface area contributed by atoms with Gasteiger partial charge < -0.3 is 9.84 Å². The summed E-state index contributed by atoms with van der Waals surface area (Å²) in [6.45, 7) is -0.102. The average Bonchev–Trinajstić information content (AvgIpc) is 2.98. The Bertz CT molecular complexity index is 377. The van der Waals surface area contributed by atoms with Crippen LogP contribution in [0.1, 0.15) is 30.2 Å². The van der Waals surface area contributed by atoms with Crippen LogP contribution >= 0.6 is 12.4 Å².